The van der Waals surface area contributed by atoms with Crippen molar-refractivity contribution in [3.05, 3.63) is 0 Å². The second-order valence-corrected chi connectivity index (χ2v) is 6.51. The van der Waals surface area contributed by atoms with Crippen LogP contribution in [0.15, 0.2) is 0 Å². The summed E-state index contributed by atoms with van der Waals surface area (Å²) in [6, 6.07) is 0. The normalized spacial score (nSPS) is 23.7. The molecule has 8 heteroatoms. The summed E-state index contributed by atoms with van der Waals surface area (Å²) in [4.78, 5) is 21.7. The number of carboxylic acid groups (broad SMARTS) is 1. The zero-order chi connectivity index (χ0) is 12.7. The monoisotopic (exact) mass is 251 g/mol. The van der Waals surface area contributed by atoms with Crippen molar-refractivity contribution in [1.82, 2.24) is 4.31 Å². The number of aliphatic hydroxyl groups excluding tert-OH is 1. The first-order valence-electron chi connectivity index (χ1n) is 4.57. The van der Waals surface area contributed by atoms with Crippen LogP contribution in [-0.2, 0) is 19.6 Å². The fourth-order valence-corrected chi connectivity index (χ4v) is 2.96. The Labute approximate surface area is 92.7 Å². The molecule has 92 valence electrons. The molecule has 0 aromatic heterocycles. The minimum Gasteiger partial charge on any atom is -0.481 e. The molecule has 0 bridgehead atoms. The highest BCUT2D eigenvalue weighted by Crippen LogP contribution is 2.34. The van der Waals surface area contributed by atoms with Crippen molar-refractivity contribution in [2.24, 2.45) is 0 Å². The lowest BCUT2D eigenvalue weighted by atomic mass is 10.1. The molecule has 1 aliphatic rings. The van der Waals surface area contributed by atoms with E-state index in [9.17, 15) is 23.1 Å². The molecule has 1 rings (SSSR count). The summed E-state index contributed by atoms with van der Waals surface area (Å²) in [6.07, 6.45) is -1.98. The Kier molecular flexibility index (Phi) is 2.99. The topological polar surface area (TPSA) is 112 Å². The van der Waals surface area contributed by atoms with Gasteiger partial charge in [-0.3, -0.25) is 9.59 Å². The first kappa shape index (κ1) is 12.9. The van der Waals surface area contributed by atoms with E-state index in [2.05, 4.69) is 0 Å². The van der Waals surface area contributed by atoms with Gasteiger partial charge in [-0.25, -0.2) is 12.7 Å². The molecule has 1 fully saturated rings. The summed E-state index contributed by atoms with van der Waals surface area (Å²) in [6.45, 7) is 2.03. The van der Waals surface area contributed by atoms with Crippen LogP contribution in [0.1, 0.15) is 20.3 Å². The summed E-state index contributed by atoms with van der Waals surface area (Å²) in [5, 5.41) is 17.6. The number of sulfonamides is 1. The van der Waals surface area contributed by atoms with E-state index < -0.39 is 45.7 Å². The summed E-state index contributed by atoms with van der Waals surface area (Å²) < 4.78 is 22.1. The van der Waals surface area contributed by atoms with Crippen LogP contribution < -0.4 is 0 Å². The Morgan fingerprint density at radius 3 is 2.38 bits per heavy atom. The predicted molar refractivity (Wildman–Crippen MR) is 53.0 cm³/mol. The van der Waals surface area contributed by atoms with Crippen LogP contribution in [0.4, 0.5) is 0 Å². The van der Waals surface area contributed by atoms with Crippen molar-refractivity contribution in [3.8, 4) is 0 Å². The number of hydrogen-bond acceptors (Lipinski definition) is 5. The average molecular weight is 251 g/mol. The number of amides is 1. The van der Waals surface area contributed by atoms with Gasteiger partial charge in [0.15, 0.2) is 4.75 Å². The van der Waals surface area contributed by atoms with Gasteiger partial charge < -0.3 is 10.2 Å². The second kappa shape index (κ2) is 3.70. The number of rotatable bonds is 4. The number of hydrogen-bond donors (Lipinski definition) is 2. The summed E-state index contributed by atoms with van der Waals surface area (Å²) in [5.74, 6) is -1.88. The molecule has 1 unspecified atom stereocenters. The third-order valence-electron chi connectivity index (χ3n) is 2.46. The molecular weight excluding hydrogens is 238 g/mol. The summed E-state index contributed by atoms with van der Waals surface area (Å²) in [5.41, 5.74) is 0. The molecule has 1 heterocycles. The molecule has 1 amide bonds. The van der Waals surface area contributed by atoms with Gasteiger partial charge in [-0.1, -0.05) is 0 Å². The van der Waals surface area contributed by atoms with E-state index in [1.165, 1.54) is 13.8 Å². The first-order valence-corrected chi connectivity index (χ1v) is 6.01. The van der Waals surface area contributed by atoms with Gasteiger partial charge in [-0.15, -0.1) is 0 Å². The lowest BCUT2D eigenvalue weighted by molar-refractivity contribution is -0.141. The lowest BCUT2D eigenvalue weighted by Gasteiger charge is -2.43. The predicted octanol–water partition coefficient (Wildman–Crippen LogP) is -1.23. The molecular formula is C8H13NO6S. The number of aliphatic hydroxyl groups is 1. The van der Waals surface area contributed by atoms with Gasteiger partial charge in [0.05, 0.1) is 19.1 Å². The molecule has 0 aromatic rings. The molecule has 2 N–H and O–H groups in total. The van der Waals surface area contributed by atoms with Crippen LogP contribution >= 0.6 is 0 Å². The molecule has 0 aromatic carbocycles. The number of carbonyl (C=O) groups excluding carboxylic acids is 1. The Hall–Kier alpha value is -1.15. The van der Waals surface area contributed by atoms with Crippen LogP contribution in [0.25, 0.3) is 0 Å². The van der Waals surface area contributed by atoms with Crippen LogP contribution in [-0.4, -0.2) is 52.2 Å². The minimum absolute atomic E-state index is 0.503. The Balaban J connectivity index is 2.72. The molecule has 0 spiro atoms. The van der Waals surface area contributed by atoms with Crippen molar-refractivity contribution < 1.29 is 28.2 Å². The van der Waals surface area contributed by atoms with Crippen LogP contribution in [0.3, 0.4) is 0 Å². The molecule has 0 saturated carbocycles. The zero-order valence-electron chi connectivity index (χ0n) is 8.87. The van der Waals surface area contributed by atoms with E-state index in [0.717, 1.165) is 0 Å². The molecule has 0 radical (unpaired) electrons. The fourth-order valence-electron chi connectivity index (χ4n) is 1.39. The number of carboxylic acids is 1. The van der Waals surface area contributed by atoms with Gasteiger partial charge in [0, 0.05) is 0 Å². The van der Waals surface area contributed by atoms with Crippen LogP contribution in [0.2, 0.25) is 0 Å². The van der Waals surface area contributed by atoms with Gasteiger partial charge in [0.1, 0.15) is 0 Å². The molecule has 1 atom stereocenters. The van der Waals surface area contributed by atoms with Crippen LogP contribution in [0.5, 0.6) is 0 Å². The maximum atomic E-state index is 11.5. The van der Waals surface area contributed by atoms with Crippen LogP contribution in [0, 0.1) is 0 Å². The second-order valence-electron chi connectivity index (χ2n) is 4.10. The van der Waals surface area contributed by atoms with Crippen molar-refractivity contribution >= 4 is 21.9 Å². The Morgan fingerprint density at radius 1 is 1.50 bits per heavy atom. The van der Waals surface area contributed by atoms with E-state index in [1.807, 2.05) is 0 Å². The van der Waals surface area contributed by atoms with Crippen molar-refractivity contribution in [1.29, 1.82) is 0 Å². The fraction of sp³-hybridized carbons (Fsp3) is 0.750. The lowest BCUT2D eigenvalue weighted by Crippen LogP contribution is -2.68. The third-order valence-corrected chi connectivity index (χ3v) is 4.82. The van der Waals surface area contributed by atoms with E-state index >= 15 is 0 Å². The van der Waals surface area contributed by atoms with Gasteiger partial charge in [-0.05, 0) is 13.8 Å². The van der Waals surface area contributed by atoms with E-state index in [1.54, 1.807) is 0 Å². The average Bonchev–Trinajstić information content (AvgIpc) is 2.11. The highest BCUT2D eigenvalue weighted by molar-refractivity contribution is 7.94. The van der Waals surface area contributed by atoms with E-state index in [-0.39, 0.29) is 0 Å². The third kappa shape index (κ3) is 1.78. The standard InChI is InChI=1S/C8H13NO6S/c1-8(2)7(13)9(16(8,14)15)4-5(10)3-6(11)12/h5,10H,3-4H2,1-2H3,(H,11,12). The molecule has 1 aliphatic heterocycles. The van der Waals surface area contributed by atoms with Crippen molar-refractivity contribution in [2.45, 2.75) is 31.1 Å². The molecule has 7 nitrogen and oxygen atoms in total. The molecule has 0 aliphatic carbocycles. The van der Waals surface area contributed by atoms with E-state index in [4.69, 9.17) is 5.11 Å². The van der Waals surface area contributed by atoms with Crippen molar-refractivity contribution in [2.75, 3.05) is 6.54 Å². The quantitative estimate of drug-likeness (QED) is 0.647. The summed E-state index contributed by atoms with van der Waals surface area (Å²) in [7, 11) is -3.75. The van der Waals surface area contributed by atoms with Gasteiger partial charge in [0.2, 0.25) is 0 Å². The van der Waals surface area contributed by atoms with E-state index in [0.29, 0.717) is 4.31 Å². The number of aliphatic carboxylic acids is 1. The largest absolute Gasteiger partial charge is 0.481 e. The zero-order valence-corrected chi connectivity index (χ0v) is 9.69. The number of carbonyl (C=O) groups is 2. The van der Waals surface area contributed by atoms with Gasteiger partial charge >= 0.3 is 5.97 Å². The highest BCUT2D eigenvalue weighted by atomic mass is 32.2. The number of nitrogens with zero attached hydrogens (tertiary/aromatic N) is 1. The van der Waals surface area contributed by atoms with Crippen molar-refractivity contribution in [3.63, 3.8) is 0 Å². The van der Waals surface area contributed by atoms with Gasteiger partial charge in [0.25, 0.3) is 15.9 Å². The maximum Gasteiger partial charge on any atom is 0.306 e. The summed E-state index contributed by atoms with van der Waals surface area (Å²) >= 11 is 0. The number of β-amino-alcohol motifs (C(OH)–C–C–N with tert-alkyl or cyclic N) is 1. The van der Waals surface area contributed by atoms with Gasteiger partial charge in [-0.2, -0.15) is 0 Å². The first-order chi connectivity index (χ1) is 7.10. The Bertz CT molecular complexity index is 426. The molecule has 1 saturated heterocycles. The highest BCUT2D eigenvalue weighted by Gasteiger charge is 2.60. The smallest absolute Gasteiger partial charge is 0.306 e. The SMILES string of the molecule is CC1(C)C(=O)N(CC(O)CC(=O)O)S1(=O)=O. The minimum atomic E-state index is -3.75. The maximum absolute atomic E-state index is 11.5. The molecule has 16 heavy (non-hydrogen) atoms. The Morgan fingerprint density at radius 2 is 2.00 bits per heavy atom.